The van der Waals surface area contributed by atoms with Gasteiger partial charge < -0.3 is 13.8 Å². The van der Waals surface area contributed by atoms with Gasteiger partial charge in [0.15, 0.2) is 0 Å². The van der Waals surface area contributed by atoms with Crippen LogP contribution in [0.3, 0.4) is 0 Å². The van der Waals surface area contributed by atoms with Gasteiger partial charge in [-0.25, -0.2) is 0 Å². The average molecular weight is 86.0 g/mol. The number of unbranched alkanes of at least 4 members (excludes halogenated alkanes) is 1. The maximum atomic E-state index is 2.12. The molecule has 0 saturated heterocycles. The van der Waals surface area contributed by atoms with Crippen LogP contribution in [-0.2, 0) is 0 Å². The molecular weight excluding hydrogens is 73.9 g/mol. The summed E-state index contributed by atoms with van der Waals surface area (Å²) in [6, 6.07) is 0. The first kappa shape index (κ1) is 24.1. The largest absolute Gasteiger partial charge is 1.00 e. The molecule has 0 radical (unpaired) electrons. The van der Waals surface area contributed by atoms with Gasteiger partial charge >= 0.3 is 37.7 Å². The third-order valence-corrected chi connectivity index (χ3v) is 0.408. The van der Waals surface area contributed by atoms with E-state index in [-0.39, 0.29) is 45.1 Å². The molecule has 0 saturated carbocycles. The van der Waals surface area contributed by atoms with Crippen molar-refractivity contribution in [3.05, 3.63) is 13.8 Å². The molecule has 0 heterocycles. The molecular formula is C5H12Li2. The Morgan fingerprint density at radius 3 is 1.43 bits per heavy atom. The SMILES string of the molecule is C[CH-]CC.[CH3-].[Li+].[Li+]. The zero-order chi connectivity index (χ0) is 3.41. The first-order valence-corrected chi connectivity index (χ1v) is 1.69. The van der Waals surface area contributed by atoms with Crippen LogP contribution in [0.2, 0.25) is 0 Å². The van der Waals surface area contributed by atoms with Gasteiger partial charge in [-0.3, -0.25) is 0 Å². The van der Waals surface area contributed by atoms with Crippen molar-refractivity contribution in [1.82, 2.24) is 0 Å². The van der Waals surface area contributed by atoms with Gasteiger partial charge in [0, 0.05) is 0 Å². The van der Waals surface area contributed by atoms with Gasteiger partial charge in [0.1, 0.15) is 0 Å². The third kappa shape index (κ3) is 40.3. The van der Waals surface area contributed by atoms with Crippen molar-refractivity contribution in [3.63, 3.8) is 0 Å². The smallest absolute Gasteiger partial charge is 0.358 e. The molecule has 0 aliphatic carbocycles. The summed E-state index contributed by atoms with van der Waals surface area (Å²) in [6.07, 6.45) is 3.32. The Morgan fingerprint density at radius 2 is 1.43 bits per heavy atom. The Balaban J connectivity index is -0.0000000150. The minimum absolute atomic E-state index is 0. The van der Waals surface area contributed by atoms with E-state index >= 15 is 0 Å². The molecule has 0 aromatic rings. The molecule has 34 valence electrons. The Kier molecular flexibility index (Phi) is 93.2. The van der Waals surface area contributed by atoms with Crippen molar-refractivity contribution in [2.24, 2.45) is 0 Å². The van der Waals surface area contributed by atoms with Crippen molar-refractivity contribution in [2.45, 2.75) is 20.3 Å². The predicted octanol–water partition coefficient (Wildman–Crippen LogP) is -3.92. The molecule has 0 aromatic carbocycles. The summed E-state index contributed by atoms with van der Waals surface area (Å²) < 4.78 is 0. The summed E-state index contributed by atoms with van der Waals surface area (Å²) >= 11 is 0. The van der Waals surface area contributed by atoms with E-state index in [0.717, 1.165) is 0 Å². The van der Waals surface area contributed by atoms with Crippen LogP contribution >= 0.6 is 0 Å². The second kappa shape index (κ2) is 27.1. The van der Waals surface area contributed by atoms with E-state index in [2.05, 4.69) is 20.3 Å². The topological polar surface area (TPSA) is 0 Å². The molecule has 0 aromatic heterocycles. The molecule has 0 fully saturated rings. The minimum atomic E-state index is 0. The van der Waals surface area contributed by atoms with Crippen LogP contribution in [0, 0.1) is 13.8 Å². The van der Waals surface area contributed by atoms with E-state index in [1.807, 2.05) is 0 Å². The molecule has 0 N–H and O–H groups in total. The van der Waals surface area contributed by atoms with E-state index in [0.29, 0.717) is 0 Å². The minimum Gasteiger partial charge on any atom is -0.358 e. The first-order valence-electron chi connectivity index (χ1n) is 1.69. The number of hydrogen-bond donors (Lipinski definition) is 0. The zero-order valence-electron chi connectivity index (χ0n) is 6.28. The Morgan fingerprint density at radius 1 is 1.29 bits per heavy atom. The molecule has 0 atom stereocenters. The van der Waals surface area contributed by atoms with Crippen molar-refractivity contribution in [2.75, 3.05) is 0 Å². The van der Waals surface area contributed by atoms with Crippen LogP contribution in [0.1, 0.15) is 20.3 Å². The Bertz CT molecular complexity index is 8.04. The van der Waals surface area contributed by atoms with Crippen LogP contribution < -0.4 is 37.7 Å². The van der Waals surface area contributed by atoms with Crippen molar-refractivity contribution >= 4 is 0 Å². The van der Waals surface area contributed by atoms with Gasteiger partial charge in [0.25, 0.3) is 0 Å². The normalized spacial score (nSPS) is 4.29. The average Bonchev–Trinajstić information content (AvgIpc) is 1.37. The molecule has 0 spiro atoms. The zero-order valence-corrected chi connectivity index (χ0v) is 6.28. The molecule has 0 unspecified atom stereocenters. The van der Waals surface area contributed by atoms with E-state index < -0.39 is 0 Å². The second-order valence-electron chi connectivity index (χ2n) is 0.816. The van der Waals surface area contributed by atoms with Crippen molar-refractivity contribution in [1.29, 1.82) is 0 Å². The van der Waals surface area contributed by atoms with Gasteiger partial charge in [0.2, 0.25) is 0 Å². The van der Waals surface area contributed by atoms with Crippen molar-refractivity contribution in [3.8, 4) is 0 Å². The van der Waals surface area contributed by atoms with Crippen LogP contribution in [0.4, 0.5) is 0 Å². The first-order chi connectivity index (χ1) is 1.91. The maximum absolute atomic E-state index is 2.12. The summed E-state index contributed by atoms with van der Waals surface area (Å²) in [5.41, 5.74) is 0. The van der Waals surface area contributed by atoms with Gasteiger partial charge in [0.05, 0.1) is 0 Å². The van der Waals surface area contributed by atoms with E-state index in [4.69, 9.17) is 0 Å². The maximum Gasteiger partial charge on any atom is 1.00 e. The van der Waals surface area contributed by atoms with Crippen LogP contribution in [0.15, 0.2) is 0 Å². The molecule has 0 aliphatic rings. The molecule has 7 heavy (non-hydrogen) atoms. The fourth-order valence-electron chi connectivity index (χ4n) is 0. The second-order valence-corrected chi connectivity index (χ2v) is 0.816. The number of rotatable bonds is 1. The predicted molar refractivity (Wildman–Crippen MR) is 26.7 cm³/mol. The fourth-order valence-corrected chi connectivity index (χ4v) is 0. The monoisotopic (exact) mass is 86.1 g/mol. The molecule has 0 aliphatic heterocycles. The van der Waals surface area contributed by atoms with Gasteiger partial charge in [-0.1, -0.05) is 6.92 Å². The standard InChI is InChI=1S/C4H9.CH3.2Li/c1-3-4-2;;;/h3H,4H2,1-2H3;1H3;;/q2*-1;2*+1. The number of hydrogen-bond acceptors (Lipinski definition) is 0. The van der Waals surface area contributed by atoms with Crippen LogP contribution in [0.25, 0.3) is 0 Å². The molecule has 0 amide bonds. The molecule has 0 nitrogen and oxygen atoms in total. The van der Waals surface area contributed by atoms with Gasteiger partial charge in [-0.2, -0.15) is 13.3 Å². The third-order valence-electron chi connectivity index (χ3n) is 0.408. The van der Waals surface area contributed by atoms with Crippen LogP contribution in [-0.4, -0.2) is 0 Å². The van der Waals surface area contributed by atoms with Gasteiger partial charge in [-0.05, 0) is 0 Å². The van der Waals surface area contributed by atoms with E-state index in [9.17, 15) is 0 Å². The fraction of sp³-hybridized carbons (Fsp3) is 0.600. The summed E-state index contributed by atoms with van der Waals surface area (Å²) in [6.45, 7) is 4.18. The summed E-state index contributed by atoms with van der Waals surface area (Å²) in [4.78, 5) is 0. The van der Waals surface area contributed by atoms with Gasteiger partial charge in [-0.15, -0.1) is 0 Å². The summed E-state index contributed by atoms with van der Waals surface area (Å²) in [7, 11) is 0. The Hall–Kier alpha value is 1.19. The summed E-state index contributed by atoms with van der Waals surface area (Å²) in [5.74, 6) is 0. The van der Waals surface area contributed by atoms with E-state index in [1.54, 1.807) is 0 Å². The van der Waals surface area contributed by atoms with E-state index in [1.165, 1.54) is 6.42 Å². The molecule has 0 rings (SSSR count). The van der Waals surface area contributed by atoms with Crippen molar-refractivity contribution < 1.29 is 37.7 Å². The summed E-state index contributed by atoms with van der Waals surface area (Å²) in [5, 5.41) is 0. The quantitative estimate of drug-likeness (QED) is 0.226. The Labute approximate surface area is 71.8 Å². The van der Waals surface area contributed by atoms with Crippen LogP contribution in [0.5, 0.6) is 0 Å². The molecule has 2 heteroatoms. The molecule has 0 bridgehead atoms.